The molecule has 1 unspecified atom stereocenters. The lowest BCUT2D eigenvalue weighted by Gasteiger charge is -2.43. The van der Waals surface area contributed by atoms with E-state index in [2.05, 4.69) is 19.9 Å². The first-order chi connectivity index (χ1) is 11.0. The molecule has 23 heavy (non-hydrogen) atoms. The van der Waals surface area contributed by atoms with E-state index in [4.69, 9.17) is 0 Å². The number of likely N-dealkylation sites (tertiary alicyclic amines) is 1. The molecule has 1 amide bonds. The predicted molar refractivity (Wildman–Crippen MR) is 91.9 cm³/mol. The van der Waals surface area contributed by atoms with Gasteiger partial charge < -0.3 is 15.1 Å². The van der Waals surface area contributed by atoms with Gasteiger partial charge in [-0.25, -0.2) is 0 Å². The molecule has 0 radical (unpaired) electrons. The monoisotopic (exact) mass is 323 g/mol. The van der Waals surface area contributed by atoms with E-state index in [0.29, 0.717) is 12.5 Å². The molecule has 4 nitrogen and oxygen atoms in total. The van der Waals surface area contributed by atoms with Crippen LogP contribution in [0.3, 0.4) is 0 Å². The van der Waals surface area contributed by atoms with Gasteiger partial charge in [0, 0.05) is 31.0 Å². The van der Waals surface area contributed by atoms with E-state index >= 15 is 0 Å². The third kappa shape index (κ3) is 4.80. The van der Waals surface area contributed by atoms with Gasteiger partial charge in [0.2, 0.25) is 5.91 Å². The lowest BCUT2D eigenvalue weighted by molar-refractivity contribution is -0.141. The summed E-state index contributed by atoms with van der Waals surface area (Å²) in [5.74, 6) is 0.779. The Kier molecular flexibility index (Phi) is 6.66. The van der Waals surface area contributed by atoms with Crippen molar-refractivity contribution < 1.29 is 15.0 Å². The van der Waals surface area contributed by atoms with Crippen LogP contribution in [0.2, 0.25) is 0 Å². The zero-order valence-electron chi connectivity index (χ0n) is 14.8. The molecule has 1 aliphatic heterocycles. The molecule has 2 rings (SSSR count). The molecule has 1 saturated carbocycles. The number of aliphatic hydroxyl groups excluding tert-OH is 2. The van der Waals surface area contributed by atoms with Crippen LogP contribution in [0.5, 0.6) is 0 Å². The lowest BCUT2D eigenvalue weighted by Crippen LogP contribution is -2.49. The number of amides is 1. The van der Waals surface area contributed by atoms with Crippen LogP contribution in [0.15, 0.2) is 11.6 Å². The minimum atomic E-state index is -0.159. The number of aliphatic hydroxyl groups is 2. The minimum Gasteiger partial charge on any atom is -0.396 e. The van der Waals surface area contributed by atoms with Gasteiger partial charge in [0.1, 0.15) is 0 Å². The SMILES string of the molecule is CC(C)=CCC1(CO)CCCN(C(=O)C2CCC(CO)CC2)C1. The fourth-order valence-corrected chi connectivity index (χ4v) is 4.03. The minimum absolute atomic E-state index is 0.121. The highest BCUT2D eigenvalue weighted by atomic mass is 16.3. The Balaban J connectivity index is 1.96. The molecule has 1 saturated heterocycles. The first-order valence-corrected chi connectivity index (χ1v) is 9.13. The Morgan fingerprint density at radius 1 is 1.22 bits per heavy atom. The van der Waals surface area contributed by atoms with Crippen molar-refractivity contribution in [2.45, 2.75) is 58.8 Å². The van der Waals surface area contributed by atoms with Crippen LogP contribution in [0.1, 0.15) is 58.8 Å². The first kappa shape index (κ1) is 18.5. The fourth-order valence-electron chi connectivity index (χ4n) is 4.03. The summed E-state index contributed by atoms with van der Waals surface area (Å²) in [4.78, 5) is 14.9. The van der Waals surface area contributed by atoms with Gasteiger partial charge in [-0.15, -0.1) is 0 Å². The van der Waals surface area contributed by atoms with E-state index in [1.54, 1.807) is 0 Å². The largest absolute Gasteiger partial charge is 0.396 e. The second kappa shape index (κ2) is 8.29. The summed E-state index contributed by atoms with van der Waals surface area (Å²) in [5, 5.41) is 19.2. The smallest absolute Gasteiger partial charge is 0.225 e. The Labute approximate surface area is 140 Å². The van der Waals surface area contributed by atoms with Gasteiger partial charge >= 0.3 is 0 Å². The van der Waals surface area contributed by atoms with Gasteiger partial charge in [0.05, 0.1) is 6.61 Å². The zero-order chi connectivity index (χ0) is 16.9. The number of carbonyl (C=O) groups excluding carboxylic acids is 1. The number of hydrogen-bond acceptors (Lipinski definition) is 3. The average Bonchev–Trinajstić information content (AvgIpc) is 2.59. The summed E-state index contributed by atoms with van der Waals surface area (Å²) in [7, 11) is 0. The summed E-state index contributed by atoms with van der Waals surface area (Å²) >= 11 is 0. The van der Waals surface area contributed by atoms with Crippen molar-refractivity contribution in [2.24, 2.45) is 17.3 Å². The van der Waals surface area contributed by atoms with Crippen LogP contribution in [-0.2, 0) is 4.79 Å². The van der Waals surface area contributed by atoms with Crippen LogP contribution in [0.4, 0.5) is 0 Å². The number of rotatable bonds is 5. The molecule has 0 bridgehead atoms. The molecule has 0 aromatic heterocycles. The molecular formula is C19H33NO3. The van der Waals surface area contributed by atoms with Crippen molar-refractivity contribution in [3.8, 4) is 0 Å². The average molecular weight is 323 g/mol. The van der Waals surface area contributed by atoms with E-state index in [1.807, 2.05) is 4.90 Å². The number of allylic oxidation sites excluding steroid dienone is 2. The van der Waals surface area contributed by atoms with Crippen molar-refractivity contribution in [1.29, 1.82) is 0 Å². The normalized spacial score (nSPS) is 31.7. The van der Waals surface area contributed by atoms with E-state index in [0.717, 1.165) is 51.5 Å². The highest BCUT2D eigenvalue weighted by Gasteiger charge is 2.38. The van der Waals surface area contributed by atoms with E-state index in [-0.39, 0.29) is 30.5 Å². The lowest BCUT2D eigenvalue weighted by atomic mass is 9.76. The quantitative estimate of drug-likeness (QED) is 0.765. The maximum absolute atomic E-state index is 12.9. The molecule has 132 valence electrons. The molecule has 0 aromatic rings. The molecule has 2 aliphatic rings. The van der Waals surface area contributed by atoms with Crippen molar-refractivity contribution in [2.75, 3.05) is 26.3 Å². The van der Waals surface area contributed by atoms with E-state index in [1.165, 1.54) is 5.57 Å². The zero-order valence-corrected chi connectivity index (χ0v) is 14.8. The number of piperidine rings is 1. The Morgan fingerprint density at radius 3 is 2.48 bits per heavy atom. The number of hydrogen-bond donors (Lipinski definition) is 2. The van der Waals surface area contributed by atoms with Crippen molar-refractivity contribution in [1.82, 2.24) is 4.90 Å². The third-order valence-electron chi connectivity index (χ3n) is 5.71. The van der Waals surface area contributed by atoms with Gasteiger partial charge in [0.15, 0.2) is 0 Å². The predicted octanol–water partition coefficient (Wildman–Crippen LogP) is 2.74. The molecule has 2 N–H and O–H groups in total. The van der Waals surface area contributed by atoms with Crippen molar-refractivity contribution in [3.05, 3.63) is 11.6 Å². The molecule has 0 spiro atoms. The summed E-state index contributed by atoms with van der Waals surface area (Å²) in [6.07, 6.45) is 8.75. The molecule has 1 heterocycles. The molecule has 2 fully saturated rings. The molecule has 1 aliphatic carbocycles. The summed E-state index contributed by atoms with van der Waals surface area (Å²) in [6.45, 7) is 6.08. The second-order valence-corrected chi connectivity index (χ2v) is 7.91. The van der Waals surface area contributed by atoms with E-state index < -0.39 is 0 Å². The molecular weight excluding hydrogens is 290 g/mol. The number of nitrogens with zero attached hydrogens (tertiary/aromatic N) is 1. The van der Waals surface area contributed by atoms with Crippen molar-refractivity contribution >= 4 is 5.91 Å². The van der Waals surface area contributed by atoms with Crippen LogP contribution in [0.25, 0.3) is 0 Å². The fraction of sp³-hybridized carbons (Fsp3) is 0.842. The molecule has 1 atom stereocenters. The summed E-state index contributed by atoms with van der Waals surface area (Å²) in [6, 6.07) is 0. The summed E-state index contributed by atoms with van der Waals surface area (Å²) < 4.78 is 0. The van der Waals surface area contributed by atoms with Gasteiger partial charge in [-0.3, -0.25) is 4.79 Å². The second-order valence-electron chi connectivity index (χ2n) is 7.91. The Hall–Kier alpha value is -0.870. The maximum atomic E-state index is 12.9. The van der Waals surface area contributed by atoms with Gasteiger partial charge in [-0.05, 0) is 64.7 Å². The maximum Gasteiger partial charge on any atom is 0.225 e. The van der Waals surface area contributed by atoms with E-state index in [9.17, 15) is 15.0 Å². The third-order valence-corrected chi connectivity index (χ3v) is 5.71. The molecule has 0 aromatic carbocycles. The highest BCUT2D eigenvalue weighted by molar-refractivity contribution is 5.79. The van der Waals surface area contributed by atoms with Crippen molar-refractivity contribution in [3.63, 3.8) is 0 Å². The van der Waals surface area contributed by atoms with Crippen LogP contribution in [-0.4, -0.2) is 47.3 Å². The Bertz CT molecular complexity index is 422. The first-order valence-electron chi connectivity index (χ1n) is 9.13. The Morgan fingerprint density at radius 2 is 1.91 bits per heavy atom. The van der Waals surface area contributed by atoms with Gasteiger partial charge in [-0.2, -0.15) is 0 Å². The van der Waals surface area contributed by atoms with Gasteiger partial charge in [0.25, 0.3) is 0 Å². The molecule has 4 heteroatoms. The summed E-state index contributed by atoms with van der Waals surface area (Å²) in [5.41, 5.74) is 1.11. The topological polar surface area (TPSA) is 60.8 Å². The number of carbonyl (C=O) groups is 1. The van der Waals surface area contributed by atoms with Crippen LogP contribution >= 0.6 is 0 Å². The van der Waals surface area contributed by atoms with Crippen LogP contribution in [0, 0.1) is 17.3 Å². The highest BCUT2D eigenvalue weighted by Crippen LogP contribution is 2.36. The standard InChI is InChI=1S/C19H33NO3/c1-15(2)8-10-19(14-22)9-3-11-20(13-19)18(23)17-6-4-16(12-21)5-7-17/h8,16-17,21-22H,3-7,9-14H2,1-2H3. The van der Waals surface area contributed by atoms with Crippen LogP contribution < -0.4 is 0 Å². The van der Waals surface area contributed by atoms with Gasteiger partial charge in [-0.1, -0.05) is 11.6 Å².